The smallest absolute Gasteiger partial charge is 0.111 e. The van der Waals surface area contributed by atoms with Gasteiger partial charge in [-0.25, -0.2) is 0 Å². The summed E-state index contributed by atoms with van der Waals surface area (Å²) in [4.78, 5) is 0. The van der Waals surface area contributed by atoms with Gasteiger partial charge >= 0.3 is 0 Å². The standard InChI is InChI=1S/C12H19NO/c1-9-6-7-11(14-9)12(2,3)10-5-4-8-13-10/h6-7,10,13H,4-5,8H2,1-3H3. The van der Waals surface area contributed by atoms with Crippen LogP contribution in [0.4, 0.5) is 0 Å². The van der Waals surface area contributed by atoms with Crippen LogP contribution in [0.3, 0.4) is 0 Å². The molecule has 0 bridgehead atoms. The largest absolute Gasteiger partial charge is 0.466 e. The van der Waals surface area contributed by atoms with Gasteiger partial charge in [-0.15, -0.1) is 0 Å². The minimum absolute atomic E-state index is 0.116. The van der Waals surface area contributed by atoms with Gasteiger partial charge in [0.25, 0.3) is 0 Å². The van der Waals surface area contributed by atoms with Crippen LogP contribution in [0, 0.1) is 6.92 Å². The van der Waals surface area contributed by atoms with E-state index in [0.29, 0.717) is 6.04 Å². The van der Waals surface area contributed by atoms with E-state index in [-0.39, 0.29) is 5.41 Å². The van der Waals surface area contributed by atoms with E-state index in [1.165, 1.54) is 12.8 Å². The third kappa shape index (κ3) is 1.59. The van der Waals surface area contributed by atoms with Crippen LogP contribution in [0.25, 0.3) is 0 Å². The zero-order valence-corrected chi connectivity index (χ0v) is 9.26. The molecule has 2 nitrogen and oxygen atoms in total. The zero-order chi connectivity index (χ0) is 10.2. The molecule has 0 aliphatic carbocycles. The molecule has 1 saturated heterocycles. The Morgan fingerprint density at radius 3 is 2.71 bits per heavy atom. The van der Waals surface area contributed by atoms with Gasteiger partial charge in [-0.1, -0.05) is 13.8 Å². The molecule has 1 fully saturated rings. The Balaban J connectivity index is 2.22. The molecule has 1 aliphatic heterocycles. The number of nitrogens with one attached hydrogen (secondary N) is 1. The minimum Gasteiger partial charge on any atom is -0.466 e. The monoisotopic (exact) mass is 193 g/mol. The normalized spacial score (nSPS) is 22.9. The van der Waals surface area contributed by atoms with Crippen LogP contribution in [0.1, 0.15) is 38.2 Å². The van der Waals surface area contributed by atoms with Gasteiger partial charge in [0, 0.05) is 11.5 Å². The van der Waals surface area contributed by atoms with Gasteiger partial charge < -0.3 is 9.73 Å². The molecule has 1 unspecified atom stereocenters. The summed E-state index contributed by atoms with van der Waals surface area (Å²) in [7, 11) is 0. The fourth-order valence-corrected chi connectivity index (χ4v) is 2.25. The highest BCUT2D eigenvalue weighted by Crippen LogP contribution is 2.32. The topological polar surface area (TPSA) is 25.2 Å². The Morgan fingerprint density at radius 1 is 1.43 bits per heavy atom. The lowest BCUT2D eigenvalue weighted by Gasteiger charge is -2.29. The van der Waals surface area contributed by atoms with Crippen molar-refractivity contribution in [3.05, 3.63) is 23.7 Å². The van der Waals surface area contributed by atoms with Crippen LogP contribution in [-0.2, 0) is 5.41 Å². The Bertz CT molecular complexity index is 308. The summed E-state index contributed by atoms with van der Waals surface area (Å²) < 4.78 is 5.72. The fraction of sp³-hybridized carbons (Fsp3) is 0.667. The van der Waals surface area contributed by atoms with Crippen molar-refractivity contribution in [2.45, 2.75) is 45.1 Å². The average Bonchev–Trinajstić information content (AvgIpc) is 2.72. The van der Waals surface area contributed by atoms with Crippen LogP contribution in [0.15, 0.2) is 16.5 Å². The van der Waals surface area contributed by atoms with Crippen LogP contribution < -0.4 is 5.32 Å². The molecule has 2 heteroatoms. The van der Waals surface area contributed by atoms with E-state index in [1.54, 1.807) is 0 Å². The first kappa shape index (κ1) is 9.78. The van der Waals surface area contributed by atoms with E-state index in [2.05, 4.69) is 25.2 Å². The lowest BCUT2D eigenvalue weighted by atomic mass is 9.81. The second-order valence-electron chi connectivity index (χ2n) is 4.78. The number of hydrogen-bond donors (Lipinski definition) is 1. The van der Waals surface area contributed by atoms with Crippen molar-refractivity contribution >= 4 is 0 Å². The Morgan fingerprint density at radius 2 is 2.21 bits per heavy atom. The summed E-state index contributed by atoms with van der Waals surface area (Å²) in [6.07, 6.45) is 2.54. The number of rotatable bonds is 2. The van der Waals surface area contributed by atoms with E-state index >= 15 is 0 Å². The van der Waals surface area contributed by atoms with Crippen LogP contribution in [-0.4, -0.2) is 12.6 Å². The Kier molecular flexibility index (Phi) is 2.40. The first-order valence-corrected chi connectivity index (χ1v) is 5.41. The lowest BCUT2D eigenvalue weighted by Crippen LogP contribution is -2.40. The molecule has 1 aromatic heterocycles. The predicted molar refractivity (Wildman–Crippen MR) is 57.5 cm³/mol. The summed E-state index contributed by atoms with van der Waals surface area (Å²) in [6, 6.07) is 4.72. The molecule has 0 radical (unpaired) electrons. The van der Waals surface area contributed by atoms with E-state index in [0.717, 1.165) is 18.1 Å². The van der Waals surface area contributed by atoms with Gasteiger partial charge in [-0.05, 0) is 38.4 Å². The van der Waals surface area contributed by atoms with Crippen molar-refractivity contribution in [2.24, 2.45) is 0 Å². The van der Waals surface area contributed by atoms with E-state index in [9.17, 15) is 0 Å². The molecule has 2 heterocycles. The highest BCUT2D eigenvalue weighted by Gasteiger charge is 2.35. The molecule has 1 aliphatic rings. The Hall–Kier alpha value is -0.760. The highest BCUT2D eigenvalue weighted by atomic mass is 16.3. The van der Waals surface area contributed by atoms with E-state index < -0.39 is 0 Å². The molecule has 1 atom stereocenters. The van der Waals surface area contributed by atoms with E-state index in [4.69, 9.17) is 4.42 Å². The molecule has 2 rings (SSSR count). The number of hydrogen-bond acceptors (Lipinski definition) is 2. The minimum atomic E-state index is 0.116. The van der Waals surface area contributed by atoms with Gasteiger partial charge in [0.1, 0.15) is 11.5 Å². The predicted octanol–water partition coefficient (Wildman–Crippen LogP) is 2.62. The molecular weight excluding hydrogens is 174 g/mol. The van der Waals surface area contributed by atoms with Gasteiger partial charge in [0.2, 0.25) is 0 Å². The van der Waals surface area contributed by atoms with Crippen molar-refractivity contribution < 1.29 is 4.42 Å². The molecule has 1 aromatic rings. The second-order valence-corrected chi connectivity index (χ2v) is 4.78. The van der Waals surface area contributed by atoms with E-state index in [1.807, 2.05) is 13.0 Å². The quantitative estimate of drug-likeness (QED) is 0.781. The molecule has 78 valence electrons. The molecule has 0 aromatic carbocycles. The van der Waals surface area contributed by atoms with Crippen LogP contribution >= 0.6 is 0 Å². The molecule has 1 N–H and O–H groups in total. The van der Waals surface area contributed by atoms with Gasteiger partial charge in [-0.3, -0.25) is 0 Å². The van der Waals surface area contributed by atoms with Crippen molar-refractivity contribution in [2.75, 3.05) is 6.54 Å². The maximum Gasteiger partial charge on any atom is 0.111 e. The highest BCUT2D eigenvalue weighted by molar-refractivity contribution is 5.18. The van der Waals surface area contributed by atoms with Crippen molar-refractivity contribution in [3.63, 3.8) is 0 Å². The summed E-state index contributed by atoms with van der Waals surface area (Å²) in [5.41, 5.74) is 0.116. The van der Waals surface area contributed by atoms with Gasteiger partial charge in [0.15, 0.2) is 0 Å². The summed E-state index contributed by atoms with van der Waals surface area (Å²) >= 11 is 0. The summed E-state index contributed by atoms with van der Waals surface area (Å²) in [5.74, 6) is 2.11. The third-order valence-electron chi connectivity index (χ3n) is 3.31. The first-order chi connectivity index (χ1) is 6.60. The Labute approximate surface area is 85.7 Å². The van der Waals surface area contributed by atoms with Crippen LogP contribution in [0.5, 0.6) is 0 Å². The molecule has 0 amide bonds. The zero-order valence-electron chi connectivity index (χ0n) is 9.26. The van der Waals surface area contributed by atoms with Crippen molar-refractivity contribution in [3.8, 4) is 0 Å². The maximum absolute atomic E-state index is 5.72. The number of aryl methyl sites for hydroxylation is 1. The molecule has 0 saturated carbocycles. The average molecular weight is 193 g/mol. The summed E-state index contributed by atoms with van der Waals surface area (Å²) in [5, 5.41) is 3.54. The SMILES string of the molecule is Cc1ccc(C(C)(C)C2CCCN2)o1. The second kappa shape index (κ2) is 3.43. The summed E-state index contributed by atoms with van der Waals surface area (Å²) in [6.45, 7) is 7.66. The molecular formula is C12H19NO. The maximum atomic E-state index is 5.72. The molecule has 0 spiro atoms. The first-order valence-electron chi connectivity index (χ1n) is 5.41. The van der Waals surface area contributed by atoms with Gasteiger partial charge in [0.05, 0.1) is 0 Å². The third-order valence-corrected chi connectivity index (χ3v) is 3.31. The van der Waals surface area contributed by atoms with Crippen LogP contribution in [0.2, 0.25) is 0 Å². The van der Waals surface area contributed by atoms with Crippen molar-refractivity contribution in [1.82, 2.24) is 5.32 Å². The fourth-order valence-electron chi connectivity index (χ4n) is 2.25. The number of furan rings is 1. The molecule has 14 heavy (non-hydrogen) atoms. The lowest BCUT2D eigenvalue weighted by molar-refractivity contribution is 0.303. The van der Waals surface area contributed by atoms with Gasteiger partial charge in [-0.2, -0.15) is 0 Å². The van der Waals surface area contributed by atoms with Crippen molar-refractivity contribution in [1.29, 1.82) is 0 Å².